The Bertz CT molecular complexity index is 833. The zero-order chi connectivity index (χ0) is 20.1. The molecule has 150 valence electrons. The minimum Gasteiger partial charge on any atom is -0.326 e. The molecule has 28 heavy (non-hydrogen) atoms. The number of nitrogens with one attached hydrogen (secondary N) is 1. The zero-order valence-electron chi connectivity index (χ0n) is 16.5. The molecule has 1 aliphatic heterocycles. The smallest absolute Gasteiger partial charge is 0.224 e. The number of rotatable bonds is 6. The maximum atomic E-state index is 14.1. The third-order valence-electron chi connectivity index (χ3n) is 5.27. The van der Waals surface area contributed by atoms with Crippen molar-refractivity contribution in [3.8, 4) is 0 Å². The van der Waals surface area contributed by atoms with Crippen molar-refractivity contribution < 1.29 is 13.6 Å². The molecule has 0 aromatic heterocycles. The number of aryl methyl sites for hydroxylation is 1. The summed E-state index contributed by atoms with van der Waals surface area (Å²) in [6, 6.07) is 9.14. The second kappa shape index (κ2) is 9.26. The molecule has 0 radical (unpaired) electrons. The average Bonchev–Trinajstić information content (AvgIpc) is 2.66. The molecule has 2 aromatic rings. The quantitative estimate of drug-likeness (QED) is 0.823. The van der Waals surface area contributed by atoms with E-state index in [-0.39, 0.29) is 24.0 Å². The van der Waals surface area contributed by atoms with Crippen LogP contribution in [-0.2, 0) is 17.8 Å². The molecule has 6 heteroatoms. The van der Waals surface area contributed by atoms with Gasteiger partial charge in [0, 0.05) is 44.8 Å². The molecule has 0 saturated carbocycles. The molecule has 1 fully saturated rings. The summed E-state index contributed by atoms with van der Waals surface area (Å²) in [5.41, 5.74) is 3.06. The number of hydrogen-bond donors (Lipinski definition) is 1. The predicted octanol–water partition coefficient (Wildman–Crippen LogP) is 3.59. The number of halogens is 2. The van der Waals surface area contributed by atoms with Gasteiger partial charge in [0.15, 0.2) is 0 Å². The van der Waals surface area contributed by atoms with Crippen LogP contribution in [0.25, 0.3) is 0 Å². The van der Waals surface area contributed by atoms with Crippen LogP contribution in [0.1, 0.15) is 23.1 Å². The third kappa shape index (κ3) is 5.59. The zero-order valence-corrected chi connectivity index (χ0v) is 16.5. The maximum Gasteiger partial charge on any atom is 0.224 e. The second-order valence-corrected chi connectivity index (χ2v) is 7.49. The van der Waals surface area contributed by atoms with Gasteiger partial charge < -0.3 is 10.2 Å². The van der Waals surface area contributed by atoms with Crippen molar-refractivity contribution in [3.63, 3.8) is 0 Å². The van der Waals surface area contributed by atoms with Gasteiger partial charge in [-0.3, -0.25) is 9.69 Å². The molecule has 1 heterocycles. The first-order valence-corrected chi connectivity index (χ1v) is 9.65. The monoisotopic (exact) mass is 387 g/mol. The molecule has 0 bridgehead atoms. The van der Waals surface area contributed by atoms with Crippen molar-refractivity contribution in [2.45, 2.75) is 26.3 Å². The Hall–Kier alpha value is -2.31. The van der Waals surface area contributed by atoms with Crippen LogP contribution in [-0.4, -0.2) is 48.9 Å². The molecule has 1 amide bonds. The number of likely N-dealkylation sites (N-methyl/N-ethyl adjacent to an activating group) is 1. The van der Waals surface area contributed by atoms with E-state index in [0.29, 0.717) is 18.7 Å². The Morgan fingerprint density at radius 3 is 2.54 bits per heavy atom. The third-order valence-corrected chi connectivity index (χ3v) is 5.27. The molecule has 0 unspecified atom stereocenters. The number of anilines is 1. The normalized spacial score (nSPS) is 15.6. The molecular weight excluding hydrogens is 360 g/mol. The molecule has 0 aliphatic carbocycles. The highest BCUT2D eigenvalue weighted by Crippen LogP contribution is 2.23. The van der Waals surface area contributed by atoms with Crippen LogP contribution >= 0.6 is 0 Å². The molecule has 1 saturated heterocycles. The fourth-order valence-electron chi connectivity index (χ4n) is 3.44. The number of amides is 1. The van der Waals surface area contributed by atoms with Gasteiger partial charge >= 0.3 is 0 Å². The van der Waals surface area contributed by atoms with Gasteiger partial charge in [0.2, 0.25) is 5.91 Å². The Balaban J connectivity index is 1.63. The van der Waals surface area contributed by atoms with Crippen LogP contribution in [0.2, 0.25) is 0 Å². The highest BCUT2D eigenvalue weighted by Gasteiger charge is 2.17. The number of benzene rings is 2. The van der Waals surface area contributed by atoms with E-state index in [0.717, 1.165) is 42.9 Å². The highest BCUT2D eigenvalue weighted by molar-refractivity contribution is 5.91. The van der Waals surface area contributed by atoms with E-state index < -0.39 is 0 Å². The number of carbonyl (C=O) groups excluding carboxylic acids is 1. The van der Waals surface area contributed by atoms with Crippen molar-refractivity contribution in [2.75, 3.05) is 38.5 Å². The minimum absolute atomic E-state index is 0.205. The van der Waals surface area contributed by atoms with Gasteiger partial charge in [-0.15, -0.1) is 0 Å². The summed E-state index contributed by atoms with van der Waals surface area (Å²) < 4.78 is 27.4. The largest absolute Gasteiger partial charge is 0.326 e. The molecule has 3 rings (SSSR count). The van der Waals surface area contributed by atoms with E-state index in [4.69, 9.17) is 0 Å². The lowest BCUT2D eigenvalue weighted by molar-refractivity contribution is -0.116. The number of piperazine rings is 1. The first-order valence-electron chi connectivity index (χ1n) is 9.65. The molecular formula is C22H27F2N3O. The maximum absolute atomic E-state index is 14.1. The summed E-state index contributed by atoms with van der Waals surface area (Å²) in [6.45, 7) is 6.47. The first kappa shape index (κ1) is 20.4. The van der Waals surface area contributed by atoms with Crippen LogP contribution in [0.3, 0.4) is 0 Å². The van der Waals surface area contributed by atoms with Crippen LogP contribution in [0.15, 0.2) is 36.4 Å². The van der Waals surface area contributed by atoms with Gasteiger partial charge in [-0.2, -0.15) is 0 Å². The Morgan fingerprint density at radius 2 is 1.82 bits per heavy atom. The predicted molar refractivity (Wildman–Crippen MR) is 107 cm³/mol. The van der Waals surface area contributed by atoms with Crippen molar-refractivity contribution in [3.05, 3.63) is 64.7 Å². The molecule has 0 atom stereocenters. The van der Waals surface area contributed by atoms with Gasteiger partial charge in [-0.25, -0.2) is 8.78 Å². The minimum atomic E-state index is -0.352. The van der Waals surface area contributed by atoms with Crippen LogP contribution < -0.4 is 5.32 Å². The summed E-state index contributed by atoms with van der Waals surface area (Å²) in [5.74, 6) is -0.869. The number of carbonyl (C=O) groups is 1. The van der Waals surface area contributed by atoms with Gasteiger partial charge in [0.1, 0.15) is 11.6 Å². The standard InChI is InChI=1S/C22H27F2N3O/c1-16-18(15-27-10-8-26(2)9-11-27)13-20(24)14-21(16)25-22(28)7-6-17-4-3-5-19(23)12-17/h3-5,12-14H,6-11,15H2,1-2H3,(H,25,28). The Kier molecular flexibility index (Phi) is 6.75. The van der Waals surface area contributed by atoms with Crippen molar-refractivity contribution in [1.82, 2.24) is 9.80 Å². The highest BCUT2D eigenvalue weighted by atomic mass is 19.1. The van der Waals surface area contributed by atoms with Gasteiger partial charge in [0.05, 0.1) is 0 Å². The summed E-state index contributed by atoms with van der Waals surface area (Å²) in [7, 11) is 2.10. The molecule has 1 aliphatic rings. The number of nitrogens with zero attached hydrogens (tertiary/aromatic N) is 2. The molecule has 0 spiro atoms. The SMILES string of the molecule is Cc1c(CN2CCN(C)CC2)cc(F)cc1NC(=O)CCc1cccc(F)c1. The van der Waals surface area contributed by atoms with Gasteiger partial charge in [-0.1, -0.05) is 12.1 Å². The molecule has 1 N–H and O–H groups in total. The number of hydrogen-bond acceptors (Lipinski definition) is 3. The van der Waals surface area contributed by atoms with Crippen LogP contribution in [0.4, 0.5) is 14.5 Å². The van der Waals surface area contributed by atoms with Gasteiger partial charge in [-0.05, 0) is 61.3 Å². The fourth-order valence-corrected chi connectivity index (χ4v) is 3.44. The lowest BCUT2D eigenvalue weighted by Gasteiger charge is -2.32. The van der Waals surface area contributed by atoms with E-state index in [1.165, 1.54) is 18.2 Å². The summed E-state index contributed by atoms with van der Waals surface area (Å²) >= 11 is 0. The lowest BCUT2D eigenvalue weighted by atomic mass is 10.0. The summed E-state index contributed by atoms with van der Waals surface area (Å²) in [4.78, 5) is 16.9. The van der Waals surface area contributed by atoms with E-state index in [2.05, 4.69) is 22.2 Å². The summed E-state index contributed by atoms with van der Waals surface area (Å²) in [5, 5.41) is 2.82. The van der Waals surface area contributed by atoms with Gasteiger partial charge in [0.25, 0.3) is 0 Å². The Morgan fingerprint density at radius 1 is 1.07 bits per heavy atom. The Labute approximate surface area is 165 Å². The second-order valence-electron chi connectivity index (χ2n) is 7.49. The lowest BCUT2D eigenvalue weighted by Crippen LogP contribution is -2.44. The first-order chi connectivity index (χ1) is 13.4. The van der Waals surface area contributed by atoms with Crippen LogP contribution in [0, 0.1) is 18.6 Å². The van der Waals surface area contributed by atoms with Crippen molar-refractivity contribution in [1.29, 1.82) is 0 Å². The van der Waals surface area contributed by atoms with Crippen molar-refractivity contribution in [2.24, 2.45) is 0 Å². The average molecular weight is 387 g/mol. The topological polar surface area (TPSA) is 35.6 Å². The van der Waals surface area contributed by atoms with E-state index in [9.17, 15) is 13.6 Å². The van der Waals surface area contributed by atoms with Crippen molar-refractivity contribution >= 4 is 11.6 Å². The summed E-state index contributed by atoms with van der Waals surface area (Å²) in [6.07, 6.45) is 0.652. The molecule has 4 nitrogen and oxygen atoms in total. The van der Waals surface area contributed by atoms with E-state index in [1.807, 2.05) is 6.92 Å². The van der Waals surface area contributed by atoms with E-state index >= 15 is 0 Å². The van der Waals surface area contributed by atoms with E-state index in [1.54, 1.807) is 18.2 Å². The molecule has 2 aromatic carbocycles. The van der Waals surface area contributed by atoms with Crippen LogP contribution in [0.5, 0.6) is 0 Å². The fraction of sp³-hybridized carbons (Fsp3) is 0.409.